The van der Waals surface area contributed by atoms with Crippen molar-refractivity contribution in [3.05, 3.63) is 59.8 Å². The fourth-order valence-corrected chi connectivity index (χ4v) is 4.80. The number of aliphatic carboxylic acids is 1. The molecule has 0 saturated heterocycles. The molecule has 6 nitrogen and oxygen atoms in total. The van der Waals surface area contributed by atoms with Gasteiger partial charge >= 0.3 is 5.97 Å². The van der Waals surface area contributed by atoms with Crippen LogP contribution in [0.25, 0.3) is 10.8 Å². The third kappa shape index (κ3) is 5.41. The number of rotatable bonds is 9. The highest BCUT2D eigenvalue weighted by atomic mass is 32.2. The van der Waals surface area contributed by atoms with E-state index in [1.165, 1.54) is 18.7 Å². The number of carboxylic acid groups (broad SMARTS) is 1. The van der Waals surface area contributed by atoms with E-state index in [0.29, 0.717) is 6.61 Å². The lowest BCUT2D eigenvalue weighted by Gasteiger charge is -2.20. The van der Waals surface area contributed by atoms with Gasteiger partial charge in [0.1, 0.15) is 18.4 Å². The molecule has 1 amide bonds. The van der Waals surface area contributed by atoms with E-state index in [-0.39, 0.29) is 17.7 Å². The summed E-state index contributed by atoms with van der Waals surface area (Å²) in [6, 6.07) is 13.2. The molecular weight excluding hydrogens is 412 g/mol. The zero-order valence-electron chi connectivity index (χ0n) is 18.2. The van der Waals surface area contributed by atoms with E-state index >= 15 is 0 Å². The Balaban J connectivity index is 1.84. The Bertz CT molecular complexity index is 1070. The third-order valence-electron chi connectivity index (χ3n) is 5.12. The molecule has 3 aromatic rings. The van der Waals surface area contributed by atoms with Crippen LogP contribution in [0.5, 0.6) is 5.75 Å². The molecule has 1 heterocycles. The third-order valence-corrected chi connectivity index (χ3v) is 6.32. The predicted molar refractivity (Wildman–Crippen MR) is 124 cm³/mol. The van der Waals surface area contributed by atoms with Crippen LogP contribution >= 0.6 is 11.8 Å². The normalized spacial score (nSPS) is 13.0. The first-order valence-corrected chi connectivity index (χ1v) is 11.2. The first-order valence-electron chi connectivity index (χ1n) is 10.2. The van der Waals surface area contributed by atoms with Crippen LogP contribution in [0.15, 0.2) is 53.7 Å². The number of thioether (sulfide) groups is 1. The monoisotopic (exact) mass is 440 g/mol. The number of carboxylic acids is 1. The maximum Gasteiger partial charge on any atom is 0.327 e. The van der Waals surface area contributed by atoms with E-state index in [2.05, 4.69) is 23.0 Å². The SMILES string of the molecule is CC(=O)N[C@@H](CSc1c2ccccc2cn1[C@@H](C)COc1c(C)cccc1C)C(=O)O. The lowest BCUT2D eigenvalue weighted by Crippen LogP contribution is -2.41. The minimum absolute atomic E-state index is 0.0259. The quantitative estimate of drug-likeness (QED) is 0.476. The van der Waals surface area contributed by atoms with Gasteiger partial charge in [0.25, 0.3) is 0 Å². The molecule has 3 rings (SSSR count). The van der Waals surface area contributed by atoms with Crippen LogP contribution in [0.4, 0.5) is 0 Å². The highest BCUT2D eigenvalue weighted by Gasteiger charge is 2.22. The summed E-state index contributed by atoms with van der Waals surface area (Å²) in [6.07, 6.45) is 2.07. The molecule has 0 aliphatic rings. The number of ether oxygens (including phenoxy) is 1. The summed E-state index contributed by atoms with van der Waals surface area (Å²) in [4.78, 5) is 22.9. The Morgan fingerprint density at radius 3 is 2.45 bits per heavy atom. The van der Waals surface area contributed by atoms with Gasteiger partial charge in [0.2, 0.25) is 5.91 Å². The molecule has 0 aliphatic heterocycles. The number of carbonyl (C=O) groups excluding carboxylic acids is 1. The second-order valence-corrected chi connectivity index (χ2v) is 8.72. The highest BCUT2D eigenvalue weighted by molar-refractivity contribution is 7.99. The molecule has 31 heavy (non-hydrogen) atoms. The van der Waals surface area contributed by atoms with Gasteiger partial charge in [-0.05, 0) is 31.9 Å². The standard InChI is InChI=1S/C24H28N2O4S/c1-15-8-7-9-16(2)22(15)30-13-17(3)26-12-19-10-5-6-11-20(19)23(26)31-14-21(24(28)29)25-18(4)27/h5-12,17,21H,13-14H2,1-4H3,(H,25,27)(H,28,29)/t17-,21-/m0/s1. The number of aromatic nitrogens is 1. The molecule has 0 bridgehead atoms. The van der Waals surface area contributed by atoms with Crippen LogP contribution in [-0.4, -0.2) is 40.0 Å². The van der Waals surface area contributed by atoms with Crippen molar-refractivity contribution in [2.24, 2.45) is 0 Å². The number of benzene rings is 2. The Labute approximate surface area is 186 Å². The van der Waals surface area contributed by atoms with Crippen molar-refractivity contribution < 1.29 is 19.4 Å². The van der Waals surface area contributed by atoms with Crippen molar-refractivity contribution in [3.8, 4) is 5.75 Å². The number of carbonyl (C=O) groups is 2. The predicted octanol–water partition coefficient (Wildman–Crippen LogP) is 4.58. The van der Waals surface area contributed by atoms with Crippen molar-refractivity contribution in [2.45, 2.75) is 44.8 Å². The fraction of sp³-hybridized carbons (Fsp3) is 0.333. The zero-order valence-corrected chi connectivity index (χ0v) is 19.0. The summed E-state index contributed by atoms with van der Waals surface area (Å²) in [6.45, 7) is 7.96. The maximum absolute atomic E-state index is 11.5. The van der Waals surface area contributed by atoms with Crippen LogP contribution in [-0.2, 0) is 9.59 Å². The zero-order chi connectivity index (χ0) is 22.5. The molecule has 2 N–H and O–H groups in total. The second-order valence-electron chi connectivity index (χ2n) is 7.71. The second kappa shape index (κ2) is 9.92. The number of nitrogens with one attached hydrogen (secondary N) is 1. The largest absolute Gasteiger partial charge is 0.491 e. The average molecular weight is 441 g/mol. The van der Waals surface area contributed by atoms with Crippen LogP contribution in [0.2, 0.25) is 0 Å². The van der Waals surface area contributed by atoms with E-state index in [4.69, 9.17) is 4.74 Å². The van der Waals surface area contributed by atoms with Crippen LogP contribution < -0.4 is 10.1 Å². The minimum Gasteiger partial charge on any atom is -0.491 e. The van der Waals surface area contributed by atoms with Crippen molar-refractivity contribution in [1.29, 1.82) is 0 Å². The Morgan fingerprint density at radius 2 is 1.81 bits per heavy atom. The molecule has 0 radical (unpaired) electrons. The van der Waals surface area contributed by atoms with E-state index in [1.807, 2.05) is 56.3 Å². The van der Waals surface area contributed by atoms with Gasteiger partial charge in [0.15, 0.2) is 0 Å². The summed E-state index contributed by atoms with van der Waals surface area (Å²) in [5, 5.41) is 15.1. The van der Waals surface area contributed by atoms with Gasteiger partial charge < -0.3 is 19.7 Å². The first-order chi connectivity index (χ1) is 14.8. The number of fused-ring (bicyclic) bond motifs is 1. The molecule has 0 spiro atoms. The average Bonchev–Trinajstić information content (AvgIpc) is 3.09. The molecule has 0 saturated carbocycles. The Morgan fingerprint density at radius 1 is 1.13 bits per heavy atom. The van der Waals surface area contributed by atoms with Gasteiger partial charge in [0, 0.05) is 29.6 Å². The van der Waals surface area contributed by atoms with Crippen molar-refractivity contribution in [3.63, 3.8) is 0 Å². The number of amides is 1. The van der Waals surface area contributed by atoms with Crippen LogP contribution in [0.3, 0.4) is 0 Å². The fourth-order valence-electron chi connectivity index (χ4n) is 3.52. The minimum atomic E-state index is -1.04. The molecule has 0 unspecified atom stereocenters. The summed E-state index contributed by atoms with van der Waals surface area (Å²) >= 11 is 1.43. The van der Waals surface area contributed by atoms with E-state index in [1.54, 1.807) is 0 Å². The van der Waals surface area contributed by atoms with E-state index in [9.17, 15) is 14.7 Å². The number of para-hydroxylation sites is 1. The number of nitrogens with zero attached hydrogens (tertiary/aromatic N) is 1. The summed E-state index contributed by atoms with van der Waals surface area (Å²) in [5.41, 5.74) is 2.19. The van der Waals surface area contributed by atoms with Gasteiger partial charge in [-0.15, -0.1) is 11.8 Å². The topological polar surface area (TPSA) is 80.6 Å². The molecular formula is C24H28N2O4S. The van der Waals surface area contributed by atoms with E-state index < -0.39 is 12.0 Å². The first kappa shape index (κ1) is 22.7. The van der Waals surface area contributed by atoms with Gasteiger partial charge in [-0.3, -0.25) is 4.79 Å². The Kier molecular flexibility index (Phi) is 7.28. The number of aryl methyl sites for hydroxylation is 2. The molecule has 164 valence electrons. The Hall–Kier alpha value is -2.93. The van der Waals surface area contributed by atoms with E-state index in [0.717, 1.165) is 32.7 Å². The summed E-state index contributed by atoms with van der Waals surface area (Å²) in [7, 11) is 0. The van der Waals surface area contributed by atoms with Crippen molar-refractivity contribution >= 4 is 34.4 Å². The van der Waals surface area contributed by atoms with Gasteiger partial charge in [-0.25, -0.2) is 4.79 Å². The van der Waals surface area contributed by atoms with Gasteiger partial charge in [0.05, 0.1) is 11.1 Å². The van der Waals surface area contributed by atoms with Crippen molar-refractivity contribution in [1.82, 2.24) is 9.88 Å². The van der Waals surface area contributed by atoms with Gasteiger partial charge in [-0.1, -0.05) is 42.5 Å². The molecule has 7 heteroatoms. The smallest absolute Gasteiger partial charge is 0.327 e. The highest BCUT2D eigenvalue weighted by Crippen LogP contribution is 2.33. The molecule has 1 aromatic heterocycles. The molecule has 2 atom stereocenters. The molecule has 2 aromatic carbocycles. The number of hydrogen-bond acceptors (Lipinski definition) is 4. The molecule has 0 fully saturated rings. The van der Waals surface area contributed by atoms with Crippen LogP contribution in [0.1, 0.15) is 31.0 Å². The summed E-state index contributed by atoms with van der Waals surface area (Å²) < 4.78 is 8.30. The van der Waals surface area contributed by atoms with Crippen molar-refractivity contribution in [2.75, 3.05) is 12.4 Å². The summed E-state index contributed by atoms with van der Waals surface area (Å²) in [5.74, 6) is -0.273. The maximum atomic E-state index is 11.5. The lowest BCUT2D eigenvalue weighted by atomic mass is 10.1. The van der Waals surface area contributed by atoms with Crippen LogP contribution in [0, 0.1) is 13.8 Å². The van der Waals surface area contributed by atoms with Gasteiger partial charge in [-0.2, -0.15) is 0 Å². The number of hydrogen-bond donors (Lipinski definition) is 2. The molecule has 0 aliphatic carbocycles. The lowest BCUT2D eigenvalue weighted by molar-refractivity contribution is -0.140.